The Hall–Kier alpha value is -1.40. The van der Waals surface area contributed by atoms with E-state index >= 15 is 0 Å². The molecule has 2 saturated heterocycles. The molecule has 4 atom stereocenters. The van der Waals surface area contributed by atoms with Gasteiger partial charge in [0, 0.05) is 17.7 Å². The van der Waals surface area contributed by atoms with Crippen molar-refractivity contribution >= 4 is 0 Å². The highest BCUT2D eigenvalue weighted by Gasteiger charge is 2.65. The van der Waals surface area contributed by atoms with E-state index in [1.54, 1.807) is 13.1 Å². The minimum atomic E-state index is -0.511. The van der Waals surface area contributed by atoms with Crippen LogP contribution in [0.5, 0.6) is 0 Å². The summed E-state index contributed by atoms with van der Waals surface area (Å²) in [4.78, 5) is 26.4. The number of hydrogen-bond acceptors (Lipinski definition) is 4. The van der Waals surface area contributed by atoms with Gasteiger partial charge in [0.25, 0.3) is 5.56 Å². The minimum absolute atomic E-state index is 0.0258. The number of fused-ring (bicyclic) bond motifs is 2. The Balaban J connectivity index is 2.08. The van der Waals surface area contributed by atoms with Crippen LogP contribution < -0.4 is 11.2 Å². The van der Waals surface area contributed by atoms with Crippen LogP contribution in [0.3, 0.4) is 0 Å². The average Bonchev–Trinajstić information content (AvgIpc) is 2.92. The molecule has 0 aliphatic carbocycles. The van der Waals surface area contributed by atoms with Crippen molar-refractivity contribution in [2.75, 3.05) is 6.61 Å². The van der Waals surface area contributed by atoms with Gasteiger partial charge in [0.2, 0.25) is 0 Å². The van der Waals surface area contributed by atoms with E-state index in [0.717, 1.165) is 6.42 Å². The Morgan fingerprint density at radius 3 is 2.44 bits per heavy atom. The van der Waals surface area contributed by atoms with E-state index in [9.17, 15) is 9.59 Å². The second-order valence-electron chi connectivity index (χ2n) is 9.91. The number of ether oxygens (including phenoxy) is 2. The SMILES string of the molecule is Cc1cn([C@@H]2O[C@@]3(CC(C)(C)C)CO[C@H]2C3C(C)(C)C)c(=O)[nH]c1=O. The second-order valence-corrected chi connectivity index (χ2v) is 9.91. The molecule has 0 saturated carbocycles. The molecule has 1 aromatic heterocycles. The van der Waals surface area contributed by atoms with Gasteiger partial charge in [-0.2, -0.15) is 0 Å². The number of H-pyrrole nitrogens is 1. The normalized spacial score (nSPS) is 32.4. The van der Waals surface area contributed by atoms with Crippen LogP contribution in [0.2, 0.25) is 0 Å². The molecule has 2 fully saturated rings. The van der Waals surface area contributed by atoms with Gasteiger partial charge in [-0.25, -0.2) is 4.79 Å². The molecule has 1 unspecified atom stereocenters. The van der Waals surface area contributed by atoms with Gasteiger partial charge in [-0.1, -0.05) is 41.5 Å². The molecule has 0 radical (unpaired) electrons. The van der Waals surface area contributed by atoms with Crippen molar-refractivity contribution in [3.05, 3.63) is 32.6 Å². The molecule has 6 heteroatoms. The topological polar surface area (TPSA) is 73.3 Å². The second kappa shape index (κ2) is 5.55. The third-order valence-corrected chi connectivity index (χ3v) is 5.23. The fourth-order valence-corrected chi connectivity index (χ4v) is 4.76. The zero-order valence-corrected chi connectivity index (χ0v) is 16.3. The lowest BCUT2D eigenvalue weighted by molar-refractivity contribution is -0.184. The predicted molar refractivity (Wildman–Crippen MR) is 95.7 cm³/mol. The van der Waals surface area contributed by atoms with Gasteiger partial charge in [0.05, 0.1) is 6.61 Å². The van der Waals surface area contributed by atoms with E-state index in [1.807, 2.05) is 0 Å². The van der Waals surface area contributed by atoms with Crippen LogP contribution in [0.4, 0.5) is 0 Å². The molecule has 2 aliphatic rings. The Labute approximate surface area is 148 Å². The van der Waals surface area contributed by atoms with E-state index in [-0.39, 0.29) is 28.4 Å². The number of rotatable bonds is 2. The fraction of sp³-hybridized carbons (Fsp3) is 0.789. The molecule has 1 N–H and O–H groups in total. The summed E-state index contributed by atoms with van der Waals surface area (Å²) in [7, 11) is 0. The maximum atomic E-state index is 12.4. The fourth-order valence-electron chi connectivity index (χ4n) is 4.76. The molecule has 1 aromatic rings. The summed E-state index contributed by atoms with van der Waals surface area (Å²) < 4.78 is 14.2. The summed E-state index contributed by atoms with van der Waals surface area (Å²) >= 11 is 0. The van der Waals surface area contributed by atoms with Crippen LogP contribution in [-0.4, -0.2) is 27.9 Å². The third kappa shape index (κ3) is 3.10. The standard InChI is InChI=1S/C19H30N2O4/c1-11-8-21(16(23)20-14(11)22)15-12-13(18(5,6)7)19(25-15,10-24-12)9-17(2,3)4/h8,12-13,15H,9-10H2,1-7H3,(H,20,22,23)/t12-,13?,15+,19-/m0/s1. The molecule has 25 heavy (non-hydrogen) atoms. The first-order chi connectivity index (χ1) is 11.3. The Kier molecular flexibility index (Phi) is 4.08. The van der Waals surface area contributed by atoms with E-state index in [1.165, 1.54) is 4.57 Å². The lowest BCUT2D eigenvalue weighted by Gasteiger charge is -2.40. The maximum absolute atomic E-state index is 12.4. The van der Waals surface area contributed by atoms with Crippen molar-refractivity contribution in [2.24, 2.45) is 16.7 Å². The van der Waals surface area contributed by atoms with Gasteiger partial charge < -0.3 is 9.47 Å². The van der Waals surface area contributed by atoms with Crippen molar-refractivity contribution in [1.82, 2.24) is 9.55 Å². The zero-order chi connectivity index (χ0) is 18.8. The number of aryl methyl sites for hydroxylation is 1. The first-order valence-corrected chi connectivity index (χ1v) is 8.96. The highest BCUT2D eigenvalue weighted by atomic mass is 16.6. The summed E-state index contributed by atoms with van der Waals surface area (Å²) in [5.74, 6) is 0.170. The molecule has 2 bridgehead atoms. The van der Waals surface area contributed by atoms with Crippen LogP contribution in [0.15, 0.2) is 15.8 Å². The summed E-state index contributed by atoms with van der Waals surface area (Å²) in [6.07, 6.45) is 1.72. The van der Waals surface area contributed by atoms with Crippen LogP contribution in [0.25, 0.3) is 0 Å². The van der Waals surface area contributed by atoms with Crippen LogP contribution in [0, 0.1) is 23.7 Å². The first kappa shape index (κ1) is 18.4. The van der Waals surface area contributed by atoms with Gasteiger partial charge in [0.1, 0.15) is 11.7 Å². The van der Waals surface area contributed by atoms with Gasteiger partial charge in [-0.05, 0) is 24.2 Å². The largest absolute Gasteiger partial charge is 0.370 e. The number of aromatic amines is 1. The molecule has 0 amide bonds. The third-order valence-electron chi connectivity index (χ3n) is 5.23. The summed E-state index contributed by atoms with van der Waals surface area (Å²) in [5, 5.41) is 0. The van der Waals surface area contributed by atoms with Crippen LogP contribution in [0.1, 0.15) is 59.8 Å². The molecule has 2 aliphatic heterocycles. The summed E-state index contributed by atoms with van der Waals surface area (Å²) in [6, 6.07) is 0. The summed E-state index contributed by atoms with van der Waals surface area (Å²) in [6.45, 7) is 15.4. The van der Waals surface area contributed by atoms with Gasteiger partial charge in [-0.3, -0.25) is 14.3 Å². The van der Waals surface area contributed by atoms with Gasteiger partial charge in [-0.15, -0.1) is 0 Å². The van der Waals surface area contributed by atoms with Crippen molar-refractivity contribution < 1.29 is 9.47 Å². The van der Waals surface area contributed by atoms with E-state index < -0.39 is 17.5 Å². The molecule has 3 heterocycles. The minimum Gasteiger partial charge on any atom is -0.370 e. The molecule has 6 nitrogen and oxygen atoms in total. The maximum Gasteiger partial charge on any atom is 0.330 e. The summed E-state index contributed by atoms with van der Waals surface area (Å²) in [5.41, 5.74) is -0.694. The van der Waals surface area contributed by atoms with Crippen LogP contribution in [-0.2, 0) is 9.47 Å². The van der Waals surface area contributed by atoms with Gasteiger partial charge >= 0.3 is 5.69 Å². The highest BCUT2D eigenvalue weighted by molar-refractivity contribution is 5.12. The zero-order valence-electron chi connectivity index (χ0n) is 16.3. The van der Waals surface area contributed by atoms with Crippen LogP contribution >= 0.6 is 0 Å². The Bertz CT molecular complexity index is 780. The number of aromatic nitrogens is 2. The lowest BCUT2D eigenvalue weighted by atomic mass is 9.66. The molecule has 140 valence electrons. The monoisotopic (exact) mass is 350 g/mol. The first-order valence-electron chi connectivity index (χ1n) is 8.96. The van der Waals surface area contributed by atoms with E-state index in [4.69, 9.17) is 9.47 Å². The Morgan fingerprint density at radius 1 is 1.24 bits per heavy atom. The molecular formula is C19H30N2O4. The molecule has 0 spiro atoms. The smallest absolute Gasteiger partial charge is 0.330 e. The van der Waals surface area contributed by atoms with E-state index in [2.05, 4.69) is 46.5 Å². The number of hydrogen-bond donors (Lipinski definition) is 1. The van der Waals surface area contributed by atoms with Gasteiger partial charge in [0.15, 0.2) is 6.23 Å². The number of nitrogens with zero attached hydrogens (tertiary/aromatic N) is 1. The van der Waals surface area contributed by atoms with E-state index in [0.29, 0.717) is 12.2 Å². The van der Waals surface area contributed by atoms with Crippen molar-refractivity contribution in [1.29, 1.82) is 0 Å². The lowest BCUT2D eigenvalue weighted by Crippen LogP contribution is -2.45. The van der Waals surface area contributed by atoms with Crippen molar-refractivity contribution in [3.8, 4) is 0 Å². The number of nitrogens with one attached hydrogen (secondary N) is 1. The van der Waals surface area contributed by atoms with Crippen molar-refractivity contribution in [2.45, 2.75) is 72.8 Å². The predicted octanol–water partition coefficient (Wildman–Crippen LogP) is 2.61. The average molecular weight is 350 g/mol. The highest BCUT2D eigenvalue weighted by Crippen LogP contribution is 2.58. The Morgan fingerprint density at radius 2 is 1.88 bits per heavy atom. The molecule has 3 rings (SSSR count). The quantitative estimate of drug-likeness (QED) is 0.890. The molecule has 0 aromatic carbocycles. The molecular weight excluding hydrogens is 320 g/mol. The van der Waals surface area contributed by atoms with Crippen molar-refractivity contribution in [3.63, 3.8) is 0 Å².